The Balaban J connectivity index is 1.56. The van der Waals surface area contributed by atoms with Crippen molar-refractivity contribution in [2.75, 3.05) is 0 Å². The second-order valence-corrected chi connectivity index (χ2v) is 9.76. The fraction of sp³-hybridized carbons (Fsp3) is 0.138. The van der Waals surface area contributed by atoms with Gasteiger partial charge in [0.05, 0.1) is 21.7 Å². The molecule has 5 aromatic rings. The molecule has 3 heterocycles. The van der Waals surface area contributed by atoms with Crippen molar-refractivity contribution in [1.29, 1.82) is 0 Å². The van der Waals surface area contributed by atoms with Crippen molar-refractivity contribution in [1.82, 2.24) is 14.1 Å². The van der Waals surface area contributed by atoms with Crippen LogP contribution in [0.1, 0.15) is 44.5 Å². The number of hydrogen-bond donors (Lipinski definition) is 0. The molecule has 0 aliphatic heterocycles. The van der Waals surface area contributed by atoms with Crippen LogP contribution >= 0.6 is 11.3 Å². The maximum atomic E-state index is 13.4. The molecule has 0 fully saturated rings. The molecule has 0 saturated carbocycles. The lowest BCUT2D eigenvalue weighted by Crippen LogP contribution is -2.03. The maximum Gasteiger partial charge on any atom is 0.197 e. The predicted molar refractivity (Wildman–Crippen MR) is 141 cm³/mol. The van der Waals surface area contributed by atoms with E-state index in [1.807, 2.05) is 78.5 Å². The standard InChI is InChI=1S/C29H23N3O2S/c1-4-18-14-22-21(13-17(18)2)26(33)23(27(22)34)15-20-16-24-28(32(20)19-9-6-5-7-10-19)30-29(31(24)3)25-11-8-12-35-25/h5-16H,4H2,1-3H3/b23-15+. The van der Waals surface area contributed by atoms with Crippen LogP contribution in [0.5, 0.6) is 0 Å². The number of hydrogen-bond acceptors (Lipinski definition) is 4. The predicted octanol–water partition coefficient (Wildman–Crippen LogP) is 6.43. The molecule has 0 bridgehead atoms. The van der Waals surface area contributed by atoms with E-state index in [0.717, 1.165) is 50.8 Å². The number of aryl methyl sites for hydroxylation is 3. The van der Waals surface area contributed by atoms with Crippen molar-refractivity contribution >= 4 is 40.1 Å². The number of allylic oxidation sites excluding steroid dienone is 1. The van der Waals surface area contributed by atoms with Crippen LogP contribution < -0.4 is 0 Å². The van der Waals surface area contributed by atoms with E-state index >= 15 is 0 Å². The SMILES string of the molecule is CCc1cc2c(cc1C)C(=O)/C(=C\c1cc3c(nc(-c4cccs4)n3C)n1-c1ccccc1)C2=O. The first-order valence-corrected chi connectivity index (χ1v) is 12.5. The second kappa shape index (κ2) is 8.03. The Labute approximate surface area is 207 Å². The van der Waals surface area contributed by atoms with Crippen LogP contribution in [-0.4, -0.2) is 25.7 Å². The number of para-hydroxylation sites is 1. The zero-order chi connectivity index (χ0) is 24.3. The van der Waals surface area contributed by atoms with E-state index in [2.05, 4.69) is 17.6 Å². The quantitative estimate of drug-likeness (QED) is 0.221. The highest BCUT2D eigenvalue weighted by atomic mass is 32.1. The smallest absolute Gasteiger partial charge is 0.197 e. The van der Waals surface area contributed by atoms with Gasteiger partial charge in [-0.15, -0.1) is 11.3 Å². The minimum absolute atomic E-state index is 0.200. The molecule has 0 N–H and O–H groups in total. The Kier molecular flexibility index (Phi) is 4.93. The molecule has 0 amide bonds. The molecule has 6 rings (SSSR count). The summed E-state index contributed by atoms with van der Waals surface area (Å²) in [6.45, 7) is 4.05. The summed E-state index contributed by atoms with van der Waals surface area (Å²) in [6.07, 6.45) is 2.55. The van der Waals surface area contributed by atoms with Crippen LogP contribution in [0.25, 0.3) is 33.6 Å². The summed E-state index contributed by atoms with van der Waals surface area (Å²) in [5.74, 6) is 0.460. The highest BCUT2D eigenvalue weighted by Gasteiger charge is 2.34. The van der Waals surface area contributed by atoms with E-state index in [-0.39, 0.29) is 17.1 Å². The number of carbonyl (C=O) groups excluding carboxylic acids is 2. The lowest BCUT2D eigenvalue weighted by molar-refractivity contribution is 0.0990. The number of Topliss-reactive ketones (excluding diaryl/α,β-unsaturated/α-hetero) is 2. The largest absolute Gasteiger partial charge is 0.325 e. The highest BCUT2D eigenvalue weighted by Crippen LogP contribution is 2.34. The molecule has 0 atom stereocenters. The first kappa shape index (κ1) is 21.5. The van der Waals surface area contributed by atoms with Gasteiger partial charge in [0.15, 0.2) is 23.0 Å². The van der Waals surface area contributed by atoms with Gasteiger partial charge in [-0.3, -0.25) is 14.2 Å². The molecule has 172 valence electrons. The molecule has 2 aromatic carbocycles. The lowest BCUT2D eigenvalue weighted by Gasteiger charge is -2.07. The lowest BCUT2D eigenvalue weighted by atomic mass is 9.99. The normalized spacial score (nSPS) is 14.4. The molecule has 35 heavy (non-hydrogen) atoms. The molecule has 1 aliphatic carbocycles. The molecule has 0 saturated heterocycles. The van der Waals surface area contributed by atoms with Crippen molar-refractivity contribution in [2.24, 2.45) is 7.05 Å². The van der Waals surface area contributed by atoms with Crippen LogP contribution in [-0.2, 0) is 13.5 Å². The number of thiophene rings is 1. The maximum absolute atomic E-state index is 13.4. The molecule has 6 heteroatoms. The van der Waals surface area contributed by atoms with Crippen LogP contribution in [0, 0.1) is 6.92 Å². The third kappa shape index (κ3) is 3.25. The average molecular weight is 478 g/mol. The molecule has 0 unspecified atom stereocenters. The summed E-state index contributed by atoms with van der Waals surface area (Å²) in [4.78, 5) is 32.7. The van der Waals surface area contributed by atoms with Gasteiger partial charge in [-0.2, -0.15) is 0 Å². The van der Waals surface area contributed by atoms with Crippen molar-refractivity contribution < 1.29 is 9.59 Å². The van der Waals surface area contributed by atoms with Gasteiger partial charge >= 0.3 is 0 Å². The number of rotatable bonds is 4. The average Bonchev–Trinajstić information content (AvgIpc) is 3.62. The minimum atomic E-state index is -0.215. The van der Waals surface area contributed by atoms with Gasteiger partial charge in [-0.25, -0.2) is 4.98 Å². The van der Waals surface area contributed by atoms with Gasteiger partial charge < -0.3 is 4.57 Å². The fourth-order valence-corrected chi connectivity index (χ4v) is 5.66. The zero-order valence-corrected chi connectivity index (χ0v) is 20.5. The Morgan fingerprint density at radius 1 is 0.971 bits per heavy atom. The first-order chi connectivity index (χ1) is 17.0. The van der Waals surface area contributed by atoms with Crippen LogP contribution in [0.2, 0.25) is 0 Å². The van der Waals surface area contributed by atoms with Gasteiger partial charge in [-0.05, 0) is 72.3 Å². The van der Waals surface area contributed by atoms with Crippen molar-refractivity contribution in [3.05, 3.63) is 99.6 Å². The molecule has 0 spiro atoms. The van der Waals surface area contributed by atoms with Gasteiger partial charge in [0.2, 0.25) is 0 Å². The molecular formula is C29H23N3O2S. The minimum Gasteiger partial charge on any atom is -0.325 e. The van der Waals surface area contributed by atoms with E-state index in [1.165, 1.54) is 0 Å². The summed E-state index contributed by atoms with van der Waals surface area (Å²) in [5.41, 5.74) is 6.72. The number of ketones is 2. The number of fused-ring (bicyclic) bond motifs is 2. The first-order valence-electron chi connectivity index (χ1n) is 11.6. The van der Waals surface area contributed by atoms with E-state index in [4.69, 9.17) is 4.98 Å². The second-order valence-electron chi connectivity index (χ2n) is 8.81. The monoisotopic (exact) mass is 477 g/mol. The van der Waals surface area contributed by atoms with E-state index in [1.54, 1.807) is 17.4 Å². The summed E-state index contributed by atoms with van der Waals surface area (Å²) in [6, 6.07) is 19.7. The Morgan fingerprint density at radius 2 is 1.71 bits per heavy atom. The third-order valence-corrected chi connectivity index (χ3v) is 7.62. The number of benzene rings is 2. The third-order valence-electron chi connectivity index (χ3n) is 6.76. The van der Waals surface area contributed by atoms with Gasteiger partial charge in [0, 0.05) is 23.9 Å². The number of carbonyl (C=O) groups is 2. The summed E-state index contributed by atoms with van der Waals surface area (Å²) < 4.78 is 4.08. The van der Waals surface area contributed by atoms with E-state index < -0.39 is 0 Å². The van der Waals surface area contributed by atoms with Gasteiger partial charge in [-0.1, -0.05) is 31.2 Å². The molecular weight excluding hydrogens is 454 g/mol. The van der Waals surface area contributed by atoms with Crippen molar-refractivity contribution in [3.63, 3.8) is 0 Å². The number of aromatic nitrogens is 3. The Bertz CT molecular complexity index is 1670. The Morgan fingerprint density at radius 3 is 2.40 bits per heavy atom. The Hall–Kier alpha value is -4.03. The highest BCUT2D eigenvalue weighted by molar-refractivity contribution is 7.13. The molecule has 5 nitrogen and oxygen atoms in total. The number of nitrogens with zero attached hydrogens (tertiary/aromatic N) is 3. The van der Waals surface area contributed by atoms with E-state index in [0.29, 0.717) is 11.1 Å². The summed E-state index contributed by atoms with van der Waals surface area (Å²) >= 11 is 1.64. The van der Waals surface area contributed by atoms with Gasteiger partial charge in [0.1, 0.15) is 0 Å². The van der Waals surface area contributed by atoms with Crippen molar-refractivity contribution in [3.8, 4) is 16.4 Å². The van der Waals surface area contributed by atoms with Crippen LogP contribution in [0.4, 0.5) is 0 Å². The van der Waals surface area contributed by atoms with Crippen LogP contribution in [0.15, 0.2) is 71.6 Å². The van der Waals surface area contributed by atoms with Gasteiger partial charge in [0.25, 0.3) is 0 Å². The zero-order valence-electron chi connectivity index (χ0n) is 19.7. The molecule has 3 aromatic heterocycles. The summed E-state index contributed by atoms with van der Waals surface area (Å²) in [7, 11) is 1.99. The number of imidazole rings is 1. The van der Waals surface area contributed by atoms with Crippen molar-refractivity contribution in [2.45, 2.75) is 20.3 Å². The molecule has 0 radical (unpaired) electrons. The topological polar surface area (TPSA) is 56.9 Å². The van der Waals surface area contributed by atoms with E-state index in [9.17, 15) is 9.59 Å². The summed E-state index contributed by atoms with van der Waals surface area (Å²) in [5, 5.41) is 2.04. The molecule has 1 aliphatic rings. The van der Waals surface area contributed by atoms with Crippen LogP contribution in [0.3, 0.4) is 0 Å². The fourth-order valence-electron chi connectivity index (χ4n) is 4.91.